The molecule has 5 nitrogen and oxygen atoms in total. The molecule has 0 spiro atoms. The molecule has 196 valence electrons. The maximum Gasteiger partial charge on any atom is 0.303 e. The highest BCUT2D eigenvalue weighted by atomic mass is 35.5. The van der Waals surface area contributed by atoms with Crippen molar-refractivity contribution in [1.82, 2.24) is 5.32 Å². The summed E-state index contributed by atoms with van der Waals surface area (Å²) in [5.74, 6) is -0.472. The van der Waals surface area contributed by atoms with Crippen LogP contribution in [0.3, 0.4) is 0 Å². The molecule has 0 aliphatic carbocycles. The van der Waals surface area contributed by atoms with E-state index in [1.807, 2.05) is 12.1 Å². The summed E-state index contributed by atoms with van der Waals surface area (Å²) in [4.78, 5) is 33.2. The van der Waals surface area contributed by atoms with Gasteiger partial charge in [-0.3, -0.25) is 9.59 Å². The van der Waals surface area contributed by atoms with E-state index in [1.165, 1.54) is 24.1 Å². The van der Waals surface area contributed by atoms with E-state index in [4.69, 9.17) is 16.7 Å². The fourth-order valence-electron chi connectivity index (χ4n) is 3.73. The Morgan fingerprint density at radius 2 is 1.81 bits per heavy atom. The second-order valence-corrected chi connectivity index (χ2v) is 10.7. The average Bonchev–Trinajstić information content (AvgIpc) is 3.07. The molecule has 0 aromatic heterocycles. The maximum absolute atomic E-state index is 14.5. The maximum atomic E-state index is 14.5. The summed E-state index contributed by atoms with van der Waals surface area (Å²) < 4.78 is 14.5. The molecule has 0 amide bonds. The van der Waals surface area contributed by atoms with E-state index in [9.17, 15) is 18.8 Å². The Hall–Kier alpha value is -2.22. The van der Waals surface area contributed by atoms with Crippen molar-refractivity contribution in [3.8, 4) is 0 Å². The third-order valence-corrected chi connectivity index (χ3v) is 7.45. The molecule has 3 rings (SSSR count). The van der Waals surface area contributed by atoms with Crippen LogP contribution in [0.2, 0.25) is 5.02 Å². The number of fused-ring (bicyclic) bond motifs is 1. The van der Waals surface area contributed by atoms with Crippen LogP contribution in [0.25, 0.3) is 0 Å². The molecule has 1 aliphatic rings. The number of carboxylic acid groups (broad SMARTS) is 1. The van der Waals surface area contributed by atoms with Crippen LogP contribution in [0.1, 0.15) is 73.5 Å². The quantitative estimate of drug-likeness (QED) is 0.266. The molecule has 2 aromatic rings. The molecule has 1 heterocycles. The molecule has 0 saturated carbocycles. The molecule has 0 unspecified atom stereocenters. The van der Waals surface area contributed by atoms with Gasteiger partial charge in [-0.05, 0) is 80.1 Å². The summed E-state index contributed by atoms with van der Waals surface area (Å²) in [6.07, 6.45) is 3.23. The van der Waals surface area contributed by atoms with Gasteiger partial charge in [0.15, 0.2) is 5.78 Å². The lowest BCUT2D eigenvalue weighted by atomic mass is 10.0. The Morgan fingerprint density at radius 1 is 1.08 bits per heavy atom. The topological polar surface area (TPSA) is 83.5 Å². The molecular formula is C28H35ClFNO4S. The number of carbonyl (C=O) groups excluding carboxylic acids is 2. The molecule has 36 heavy (non-hydrogen) atoms. The molecule has 0 atom stereocenters. The van der Waals surface area contributed by atoms with Crippen LogP contribution in [-0.4, -0.2) is 35.7 Å². The Labute approximate surface area is 222 Å². The molecule has 2 N–H and O–H groups in total. The fraction of sp³-hybridized carbons (Fsp3) is 0.464. The summed E-state index contributed by atoms with van der Waals surface area (Å²) in [5, 5.41) is 12.2. The van der Waals surface area contributed by atoms with Gasteiger partial charge in [-0.2, -0.15) is 0 Å². The number of nitrogens with one attached hydrogen (secondary N) is 1. The molecule has 0 radical (unpaired) electrons. The third-order valence-electron chi connectivity index (χ3n) is 5.79. The van der Waals surface area contributed by atoms with E-state index < -0.39 is 11.8 Å². The van der Waals surface area contributed by atoms with Crippen LogP contribution in [0.5, 0.6) is 0 Å². The lowest BCUT2D eigenvalue weighted by Gasteiger charge is -2.14. The molecule has 2 aromatic carbocycles. The monoisotopic (exact) mass is 535 g/mol. The second kappa shape index (κ2) is 15.1. The third kappa shape index (κ3) is 10.0. The first-order valence-corrected chi connectivity index (χ1v) is 13.6. The van der Waals surface area contributed by atoms with Crippen molar-refractivity contribution in [2.75, 3.05) is 13.1 Å². The van der Waals surface area contributed by atoms with Gasteiger partial charge in [-0.25, -0.2) is 4.39 Å². The van der Waals surface area contributed by atoms with Crippen molar-refractivity contribution in [2.24, 2.45) is 5.92 Å². The second-order valence-electron chi connectivity index (χ2n) is 9.32. The van der Waals surface area contributed by atoms with E-state index in [1.54, 1.807) is 17.8 Å². The lowest BCUT2D eigenvalue weighted by Crippen LogP contribution is -2.16. The Kier molecular flexibility index (Phi) is 12.6. The molecule has 0 saturated heterocycles. The number of hydrogen-bond donors (Lipinski definition) is 2. The van der Waals surface area contributed by atoms with Crippen LogP contribution in [0.4, 0.5) is 4.39 Å². The number of Topliss-reactive ketones (excluding diaryl/α,β-unsaturated/α-hetero) is 2. The van der Waals surface area contributed by atoms with Crippen LogP contribution in [0.15, 0.2) is 35.2 Å². The van der Waals surface area contributed by atoms with Gasteiger partial charge >= 0.3 is 5.97 Å². The first kappa shape index (κ1) is 30.0. The minimum Gasteiger partial charge on any atom is -0.481 e. The Bertz CT molecular complexity index is 1060. The predicted molar refractivity (Wildman–Crippen MR) is 144 cm³/mol. The minimum atomic E-state index is -0.916. The average molecular weight is 536 g/mol. The number of benzene rings is 2. The highest BCUT2D eigenvalue weighted by Gasteiger charge is 2.17. The van der Waals surface area contributed by atoms with Crippen LogP contribution >= 0.6 is 23.4 Å². The number of ketones is 2. The summed E-state index contributed by atoms with van der Waals surface area (Å²) in [6.45, 7) is 7.44. The van der Waals surface area contributed by atoms with E-state index in [2.05, 4.69) is 25.2 Å². The highest BCUT2D eigenvalue weighted by molar-refractivity contribution is 7.98. The molecule has 0 bridgehead atoms. The first-order chi connectivity index (χ1) is 17.1. The number of carboxylic acids is 1. The number of halogens is 2. The zero-order chi connectivity index (χ0) is 26.7. The van der Waals surface area contributed by atoms with E-state index >= 15 is 0 Å². The van der Waals surface area contributed by atoms with Crippen molar-refractivity contribution in [1.29, 1.82) is 0 Å². The van der Waals surface area contributed by atoms with E-state index in [0.717, 1.165) is 47.8 Å². The highest BCUT2D eigenvalue weighted by Crippen LogP contribution is 2.36. The summed E-state index contributed by atoms with van der Waals surface area (Å²) in [7, 11) is 0. The minimum absolute atomic E-state index is 0.0463. The summed E-state index contributed by atoms with van der Waals surface area (Å²) in [6, 6.07) is 9.06. The van der Waals surface area contributed by atoms with Crippen molar-refractivity contribution in [3.05, 3.63) is 63.4 Å². The number of carbonyl (C=O) groups is 3. The van der Waals surface area contributed by atoms with Gasteiger partial charge in [-0.1, -0.05) is 37.6 Å². The van der Waals surface area contributed by atoms with E-state index in [-0.39, 0.29) is 30.0 Å². The van der Waals surface area contributed by atoms with Crippen LogP contribution in [0, 0.1) is 11.7 Å². The van der Waals surface area contributed by atoms with Gasteiger partial charge in [0.05, 0.1) is 17.0 Å². The number of hydrogen-bond acceptors (Lipinski definition) is 5. The standard InChI is InChI=1S/C23H27ClFNOS.C5H8O3/c1-15(2)3-8-22(27)19-6-4-16(13-21(19)25)14-28-23-18-10-12-26-11-9-17(18)5-7-20(23)24;1-4(6)2-3-5(7)8/h4-7,13,15,26H,3,8-12,14H2,1-2H3;2-3H2,1H3,(H,7,8). The smallest absolute Gasteiger partial charge is 0.303 e. The van der Waals surface area contributed by atoms with Crippen molar-refractivity contribution in [3.63, 3.8) is 0 Å². The van der Waals surface area contributed by atoms with Gasteiger partial charge < -0.3 is 15.2 Å². The lowest BCUT2D eigenvalue weighted by molar-refractivity contribution is -0.138. The van der Waals surface area contributed by atoms with Gasteiger partial charge in [0.25, 0.3) is 0 Å². The SMILES string of the molecule is CC(=O)CCC(=O)O.CC(C)CCC(=O)c1ccc(CSc2c(Cl)ccc3c2CCNCC3)cc1F. The van der Waals surface area contributed by atoms with Crippen molar-refractivity contribution in [2.45, 2.75) is 69.9 Å². The predicted octanol–water partition coefficient (Wildman–Crippen LogP) is 6.52. The molecular weight excluding hydrogens is 501 g/mol. The zero-order valence-electron chi connectivity index (χ0n) is 21.2. The Balaban J connectivity index is 0.000000493. The fourth-order valence-corrected chi connectivity index (χ4v) is 5.18. The number of rotatable bonds is 10. The van der Waals surface area contributed by atoms with Crippen molar-refractivity contribution < 1.29 is 23.9 Å². The number of thioether (sulfide) groups is 1. The van der Waals surface area contributed by atoms with Gasteiger partial charge in [0.2, 0.25) is 0 Å². The summed E-state index contributed by atoms with van der Waals surface area (Å²) in [5.41, 5.74) is 3.72. The molecule has 0 fully saturated rings. The normalized spacial score (nSPS) is 12.8. The van der Waals surface area contributed by atoms with Gasteiger partial charge in [-0.15, -0.1) is 11.8 Å². The largest absolute Gasteiger partial charge is 0.481 e. The summed E-state index contributed by atoms with van der Waals surface area (Å²) >= 11 is 8.13. The Morgan fingerprint density at radius 3 is 2.42 bits per heavy atom. The van der Waals surface area contributed by atoms with Crippen LogP contribution < -0.4 is 5.32 Å². The molecule has 8 heteroatoms. The van der Waals surface area contributed by atoms with E-state index in [0.29, 0.717) is 18.1 Å². The van der Waals surface area contributed by atoms with Crippen LogP contribution in [-0.2, 0) is 28.2 Å². The first-order valence-electron chi connectivity index (χ1n) is 12.2. The van der Waals surface area contributed by atoms with Gasteiger partial charge in [0, 0.05) is 23.5 Å². The number of aliphatic carboxylic acids is 1. The molecule has 1 aliphatic heterocycles. The van der Waals surface area contributed by atoms with Gasteiger partial charge in [0.1, 0.15) is 11.6 Å². The van der Waals surface area contributed by atoms with Crippen molar-refractivity contribution >= 4 is 40.9 Å². The zero-order valence-corrected chi connectivity index (χ0v) is 22.7.